The van der Waals surface area contributed by atoms with Gasteiger partial charge in [-0.1, -0.05) is 76.2 Å². The molecule has 0 N–H and O–H groups in total. The van der Waals surface area contributed by atoms with E-state index in [1.807, 2.05) is 0 Å². The summed E-state index contributed by atoms with van der Waals surface area (Å²) in [6.45, 7) is 8.93. The lowest BCUT2D eigenvalue weighted by atomic mass is 9.96. The molecule has 110 valence electrons. The highest BCUT2D eigenvalue weighted by Gasteiger charge is 2.41. The first-order valence-corrected chi connectivity index (χ1v) is 7.91. The van der Waals surface area contributed by atoms with Crippen LogP contribution in [0.4, 0.5) is 0 Å². The summed E-state index contributed by atoms with van der Waals surface area (Å²) in [5.74, 6) is 1.12. The molecule has 0 bridgehead atoms. The molecule has 1 aliphatic rings. The maximum absolute atomic E-state index is 5.96. The molecule has 2 aromatic rings. The third-order valence-corrected chi connectivity index (χ3v) is 4.30. The van der Waals surface area contributed by atoms with Crippen molar-refractivity contribution >= 4 is 0 Å². The molecule has 0 amide bonds. The molecule has 2 atom stereocenters. The van der Waals surface area contributed by atoms with Gasteiger partial charge in [0.2, 0.25) is 0 Å². The molecule has 1 saturated heterocycles. The highest BCUT2D eigenvalue weighted by molar-refractivity contribution is 5.35. The second-order valence-corrected chi connectivity index (χ2v) is 6.63. The molecule has 1 aliphatic heterocycles. The van der Waals surface area contributed by atoms with Crippen LogP contribution in [0.3, 0.4) is 0 Å². The molecule has 1 heterocycles. The van der Waals surface area contributed by atoms with Crippen molar-refractivity contribution in [1.82, 2.24) is 0 Å². The first kappa shape index (κ1) is 14.3. The third kappa shape index (κ3) is 3.03. The highest BCUT2D eigenvalue weighted by Crippen LogP contribution is 2.51. The third-order valence-electron chi connectivity index (χ3n) is 4.30. The van der Waals surface area contributed by atoms with Crippen LogP contribution >= 0.6 is 0 Å². The van der Waals surface area contributed by atoms with Gasteiger partial charge < -0.3 is 4.74 Å². The lowest BCUT2D eigenvalue weighted by Gasteiger charge is -2.08. The lowest BCUT2D eigenvalue weighted by Crippen LogP contribution is -1.92. The second-order valence-electron chi connectivity index (χ2n) is 6.63. The molecule has 0 saturated carbocycles. The fourth-order valence-electron chi connectivity index (χ4n) is 2.81. The molecule has 3 rings (SSSR count). The first-order valence-electron chi connectivity index (χ1n) is 7.91. The first-order chi connectivity index (χ1) is 10.1. The Labute approximate surface area is 128 Å². The summed E-state index contributed by atoms with van der Waals surface area (Å²) in [5, 5.41) is 0. The van der Waals surface area contributed by atoms with E-state index in [1.54, 1.807) is 0 Å². The fraction of sp³-hybridized carbons (Fsp3) is 0.400. The standard InChI is InChI=1S/C20H24O/c1-13(2)15-7-5-9-17(11-15)19-20(21-19)18-10-6-8-16(12-18)14(3)4/h5-14,19-20H,1-4H3. The molecule has 2 unspecified atom stereocenters. The monoisotopic (exact) mass is 280 g/mol. The maximum Gasteiger partial charge on any atom is 0.114 e. The van der Waals surface area contributed by atoms with Crippen LogP contribution in [-0.4, -0.2) is 0 Å². The minimum Gasteiger partial charge on any atom is -0.359 e. The molecule has 21 heavy (non-hydrogen) atoms. The van der Waals surface area contributed by atoms with Crippen LogP contribution in [0.25, 0.3) is 0 Å². The summed E-state index contributed by atoms with van der Waals surface area (Å²) in [6, 6.07) is 17.6. The zero-order valence-corrected chi connectivity index (χ0v) is 13.3. The normalized spacial score (nSPS) is 21.0. The Morgan fingerprint density at radius 1 is 0.714 bits per heavy atom. The molecule has 0 aromatic heterocycles. The fourth-order valence-corrected chi connectivity index (χ4v) is 2.81. The number of benzene rings is 2. The molecule has 1 fully saturated rings. The van der Waals surface area contributed by atoms with E-state index < -0.39 is 0 Å². The highest BCUT2D eigenvalue weighted by atomic mass is 16.6. The number of rotatable bonds is 4. The van der Waals surface area contributed by atoms with Gasteiger partial charge in [0.05, 0.1) is 0 Å². The molecule has 1 heteroatoms. The Hall–Kier alpha value is -1.60. The molecular weight excluding hydrogens is 256 g/mol. The van der Waals surface area contributed by atoms with Gasteiger partial charge in [0.15, 0.2) is 0 Å². The lowest BCUT2D eigenvalue weighted by molar-refractivity contribution is 0.377. The summed E-state index contributed by atoms with van der Waals surface area (Å²) in [7, 11) is 0. The number of epoxide rings is 1. The summed E-state index contributed by atoms with van der Waals surface area (Å²) < 4.78 is 5.96. The van der Waals surface area contributed by atoms with E-state index in [2.05, 4.69) is 76.2 Å². The van der Waals surface area contributed by atoms with Crippen LogP contribution in [0.1, 0.15) is 74.0 Å². The van der Waals surface area contributed by atoms with Crippen LogP contribution < -0.4 is 0 Å². The van der Waals surface area contributed by atoms with E-state index in [4.69, 9.17) is 4.74 Å². The average molecular weight is 280 g/mol. The van der Waals surface area contributed by atoms with E-state index in [0.29, 0.717) is 11.8 Å². The van der Waals surface area contributed by atoms with Crippen molar-refractivity contribution in [2.24, 2.45) is 0 Å². The minimum atomic E-state index is 0.228. The van der Waals surface area contributed by atoms with Gasteiger partial charge in [0.25, 0.3) is 0 Å². The number of ether oxygens (including phenoxy) is 1. The second kappa shape index (κ2) is 5.65. The van der Waals surface area contributed by atoms with E-state index in [9.17, 15) is 0 Å². The quantitative estimate of drug-likeness (QED) is 0.650. The maximum atomic E-state index is 5.96. The zero-order chi connectivity index (χ0) is 15.0. The molecule has 0 spiro atoms. The van der Waals surface area contributed by atoms with Gasteiger partial charge in [-0.05, 0) is 34.1 Å². The predicted octanol–water partition coefficient (Wildman–Crippen LogP) is 5.75. The topological polar surface area (TPSA) is 12.5 Å². The van der Waals surface area contributed by atoms with Gasteiger partial charge in [-0.25, -0.2) is 0 Å². The van der Waals surface area contributed by atoms with Crippen molar-refractivity contribution in [3.63, 3.8) is 0 Å². The zero-order valence-electron chi connectivity index (χ0n) is 13.3. The Kier molecular flexibility index (Phi) is 3.86. The van der Waals surface area contributed by atoms with Crippen LogP contribution in [0, 0.1) is 0 Å². The summed E-state index contributed by atoms with van der Waals surface area (Å²) in [6.07, 6.45) is 0.456. The van der Waals surface area contributed by atoms with Crippen LogP contribution in [0.5, 0.6) is 0 Å². The molecular formula is C20H24O. The summed E-state index contributed by atoms with van der Waals surface area (Å²) in [5.41, 5.74) is 5.39. The predicted molar refractivity (Wildman–Crippen MR) is 87.6 cm³/mol. The largest absolute Gasteiger partial charge is 0.359 e. The summed E-state index contributed by atoms with van der Waals surface area (Å²) >= 11 is 0. The van der Waals surface area contributed by atoms with Crippen molar-refractivity contribution in [2.45, 2.75) is 51.7 Å². The van der Waals surface area contributed by atoms with E-state index >= 15 is 0 Å². The van der Waals surface area contributed by atoms with Crippen molar-refractivity contribution in [2.75, 3.05) is 0 Å². The molecule has 2 aromatic carbocycles. The van der Waals surface area contributed by atoms with Crippen molar-refractivity contribution in [1.29, 1.82) is 0 Å². The Morgan fingerprint density at radius 3 is 1.52 bits per heavy atom. The smallest absolute Gasteiger partial charge is 0.114 e. The Balaban J connectivity index is 1.80. The van der Waals surface area contributed by atoms with Crippen molar-refractivity contribution < 1.29 is 4.74 Å². The van der Waals surface area contributed by atoms with Crippen molar-refractivity contribution in [3.8, 4) is 0 Å². The Bertz CT molecular complexity index is 572. The van der Waals surface area contributed by atoms with E-state index in [0.717, 1.165) is 0 Å². The van der Waals surface area contributed by atoms with Crippen LogP contribution in [0.2, 0.25) is 0 Å². The van der Waals surface area contributed by atoms with Gasteiger partial charge >= 0.3 is 0 Å². The van der Waals surface area contributed by atoms with Crippen LogP contribution in [0.15, 0.2) is 48.5 Å². The minimum absolute atomic E-state index is 0.228. The van der Waals surface area contributed by atoms with Crippen molar-refractivity contribution in [3.05, 3.63) is 70.8 Å². The average Bonchev–Trinajstić information content (AvgIpc) is 3.28. The van der Waals surface area contributed by atoms with Gasteiger partial charge in [-0.15, -0.1) is 0 Å². The van der Waals surface area contributed by atoms with Gasteiger partial charge in [0.1, 0.15) is 12.2 Å². The Morgan fingerprint density at radius 2 is 1.14 bits per heavy atom. The molecule has 0 radical (unpaired) electrons. The molecule has 0 aliphatic carbocycles. The number of hydrogen-bond acceptors (Lipinski definition) is 1. The van der Waals surface area contributed by atoms with E-state index in [1.165, 1.54) is 22.3 Å². The summed E-state index contributed by atoms with van der Waals surface area (Å²) in [4.78, 5) is 0. The SMILES string of the molecule is CC(C)c1cccc(C2OC2c2cccc(C(C)C)c2)c1. The van der Waals surface area contributed by atoms with Gasteiger partial charge in [-0.3, -0.25) is 0 Å². The van der Waals surface area contributed by atoms with Gasteiger partial charge in [-0.2, -0.15) is 0 Å². The van der Waals surface area contributed by atoms with Crippen LogP contribution in [-0.2, 0) is 4.74 Å². The number of hydrogen-bond donors (Lipinski definition) is 0. The van der Waals surface area contributed by atoms with E-state index in [-0.39, 0.29) is 12.2 Å². The van der Waals surface area contributed by atoms with Gasteiger partial charge in [0, 0.05) is 0 Å². The molecule has 1 nitrogen and oxygen atoms in total.